The second-order valence-electron chi connectivity index (χ2n) is 6.04. The molecule has 0 aromatic heterocycles. The number of imide groups is 2. The van der Waals surface area contributed by atoms with Gasteiger partial charge in [0.25, 0.3) is 11.8 Å². The number of nitrogens with one attached hydrogen (secondary N) is 1. The minimum atomic E-state index is -1.03. The molecule has 0 saturated carbocycles. The summed E-state index contributed by atoms with van der Waals surface area (Å²) in [6, 6.07) is 3.60. The molecule has 0 spiro atoms. The zero-order valence-corrected chi connectivity index (χ0v) is 14.8. The third-order valence-electron chi connectivity index (χ3n) is 4.31. The van der Waals surface area contributed by atoms with Crippen molar-refractivity contribution < 1.29 is 28.7 Å². The molecule has 1 aromatic carbocycles. The third kappa shape index (κ3) is 3.80. The summed E-state index contributed by atoms with van der Waals surface area (Å²) in [6.07, 6.45) is 0.145. The fraction of sp³-hybridized carbons (Fsp3) is 0.412. The summed E-state index contributed by atoms with van der Waals surface area (Å²) in [5.74, 6) is -2.10. The molecule has 0 bridgehead atoms. The number of nitrogens with zero attached hydrogens (tertiary/aromatic N) is 4. The smallest absolute Gasteiger partial charge is 0.266 e. The van der Waals surface area contributed by atoms with Gasteiger partial charge in [-0.05, 0) is 24.1 Å². The van der Waals surface area contributed by atoms with Gasteiger partial charge in [0, 0.05) is 17.9 Å². The molecule has 28 heavy (non-hydrogen) atoms. The minimum absolute atomic E-state index is 0.0559. The van der Waals surface area contributed by atoms with Crippen molar-refractivity contribution in [1.29, 1.82) is 0 Å². The normalized spacial score (nSPS) is 18.6. The number of hydrogen-bond acceptors (Lipinski definition) is 7. The molecule has 11 heteroatoms. The molecule has 1 atom stereocenters. The van der Waals surface area contributed by atoms with E-state index in [1.807, 2.05) is 0 Å². The maximum absolute atomic E-state index is 12.8. The van der Waals surface area contributed by atoms with Gasteiger partial charge in [0.05, 0.1) is 24.3 Å². The Morgan fingerprint density at radius 2 is 2.00 bits per heavy atom. The molecule has 1 saturated heterocycles. The first-order valence-electron chi connectivity index (χ1n) is 8.60. The Bertz CT molecular complexity index is 879. The molecule has 0 aliphatic carbocycles. The summed E-state index contributed by atoms with van der Waals surface area (Å²) in [5, 5.41) is 5.48. The van der Waals surface area contributed by atoms with E-state index in [0.29, 0.717) is 0 Å². The van der Waals surface area contributed by atoms with Crippen molar-refractivity contribution in [3.8, 4) is 5.75 Å². The highest BCUT2D eigenvalue weighted by Gasteiger charge is 2.45. The van der Waals surface area contributed by atoms with Crippen LogP contribution >= 0.6 is 0 Å². The Morgan fingerprint density at radius 3 is 2.75 bits per heavy atom. The van der Waals surface area contributed by atoms with Crippen molar-refractivity contribution in [2.45, 2.75) is 18.9 Å². The number of azide groups is 1. The number of benzene rings is 1. The zero-order chi connectivity index (χ0) is 20.1. The van der Waals surface area contributed by atoms with Crippen molar-refractivity contribution in [2.75, 3.05) is 26.4 Å². The molecular weight excluding hydrogens is 370 g/mol. The third-order valence-corrected chi connectivity index (χ3v) is 4.31. The summed E-state index contributed by atoms with van der Waals surface area (Å²) in [6.45, 7) is 0.752. The lowest BCUT2D eigenvalue weighted by Crippen LogP contribution is -2.54. The van der Waals surface area contributed by atoms with Crippen molar-refractivity contribution in [1.82, 2.24) is 10.2 Å². The SMILES string of the molecule is [N-]=[N+]=NCCOCCOc1cccc2c1C(=O)N(C1CCC(=O)NC1=O)C2=O. The molecule has 1 fully saturated rings. The van der Waals surface area contributed by atoms with Crippen LogP contribution in [0.1, 0.15) is 33.6 Å². The molecule has 2 aliphatic heterocycles. The summed E-state index contributed by atoms with van der Waals surface area (Å²) in [5.41, 5.74) is 8.41. The number of carbonyl (C=O) groups is 4. The number of carbonyl (C=O) groups excluding carboxylic acids is 4. The Balaban J connectivity index is 1.69. The van der Waals surface area contributed by atoms with E-state index < -0.39 is 29.7 Å². The van der Waals surface area contributed by atoms with Gasteiger partial charge in [-0.25, -0.2) is 0 Å². The van der Waals surface area contributed by atoms with E-state index in [4.69, 9.17) is 15.0 Å². The van der Waals surface area contributed by atoms with Gasteiger partial charge in [-0.1, -0.05) is 11.2 Å². The molecule has 0 radical (unpaired) electrons. The lowest BCUT2D eigenvalue weighted by atomic mass is 10.0. The van der Waals surface area contributed by atoms with Crippen LogP contribution < -0.4 is 10.1 Å². The molecule has 3 rings (SSSR count). The Morgan fingerprint density at radius 1 is 1.18 bits per heavy atom. The number of fused-ring (bicyclic) bond motifs is 1. The van der Waals surface area contributed by atoms with Gasteiger partial charge in [0.1, 0.15) is 18.4 Å². The second kappa shape index (κ2) is 8.51. The van der Waals surface area contributed by atoms with Crippen LogP contribution in [0.3, 0.4) is 0 Å². The first-order valence-corrected chi connectivity index (χ1v) is 8.60. The maximum Gasteiger partial charge on any atom is 0.266 e. The van der Waals surface area contributed by atoms with Crippen LogP contribution in [0.4, 0.5) is 0 Å². The molecule has 4 amide bonds. The summed E-state index contributed by atoms with van der Waals surface area (Å²) in [4.78, 5) is 52.4. The van der Waals surface area contributed by atoms with Gasteiger partial charge in [-0.3, -0.25) is 29.4 Å². The highest BCUT2D eigenvalue weighted by atomic mass is 16.5. The quantitative estimate of drug-likeness (QED) is 0.229. The number of amides is 4. The van der Waals surface area contributed by atoms with Gasteiger partial charge < -0.3 is 9.47 Å². The van der Waals surface area contributed by atoms with Gasteiger partial charge in [0.15, 0.2) is 0 Å². The average molecular weight is 387 g/mol. The van der Waals surface area contributed by atoms with E-state index >= 15 is 0 Å². The number of ether oxygens (including phenoxy) is 2. The van der Waals surface area contributed by atoms with Crippen LogP contribution in [0.2, 0.25) is 0 Å². The minimum Gasteiger partial charge on any atom is -0.490 e. The molecule has 1 unspecified atom stereocenters. The molecule has 1 N–H and O–H groups in total. The van der Waals surface area contributed by atoms with Crippen molar-refractivity contribution in [3.63, 3.8) is 0 Å². The largest absolute Gasteiger partial charge is 0.490 e. The van der Waals surface area contributed by atoms with Gasteiger partial charge >= 0.3 is 0 Å². The number of hydrogen-bond donors (Lipinski definition) is 1. The Labute approximate surface area is 159 Å². The van der Waals surface area contributed by atoms with Crippen LogP contribution in [0.5, 0.6) is 5.75 Å². The molecule has 146 valence electrons. The zero-order valence-electron chi connectivity index (χ0n) is 14.8. The van der Waals surface area contributed by atoms with Crippen LogP contribution in [0.25, 0.3) is 10.4 Å². The van der Waals surface area contributed by atoms with E-state index in [1.54, 1.807) is 12.1 Å². The lowest BCUT2D eigenvalue weighted by Gasteiger charge is -2.27. The monoisotopic (exact) mass is 387 g/mol. The Hall–Kier alpha value is -3.43. The van der Waals surface area contributed by atoms with Crippen LogP contribution in [-0.2, 0) is 14.3 Å². The summed E-state index contributed by atoms with van der Waals surface area (Å²) < 4.78 is 10.8. The first-order chi connectivity index (χ1) is 13.5. The topological polar surface area (TPSA) is 151 Å². The lowest BCUT2D eigenvalue weighted by molar-refractivity contribution is -0.136. The van der Waals surface area contributed by atoms with Crippen molar-refractivity contribution >= 4 is 23.6 Å². The summed E-state index contributed by atoms with van der Waals surface area (Å²) >= 11 is 0. The first kappa shape index (κ1) is 19.3. The van der Waals surface area contributed by atoms with E-state index in [1.165, 1.54) is 6.07 Å². The van der Waals surface area contributed by atoms with Gasteiger partial charge in [0.2, 0.25) is 11.8 Å². The molecule has 11 nitrogen and oxygen atoms in total. The number of rotatable bonds is 8. The predicted octanol–water partition coefficient (Wildman–Crippen LogP) is 0.793. The number of piperidine rings is 1. The standard InChI is InChI=1S/C17H17N5O6/c18-21-19-6-7-27-8-9-28-12-3-1-2-10-14(12)17(26)22(16(10)25)11-4-5-13(23)20-15(11)24/h1-3,11H,4-9H2,(H,20,23,24). The second-order valence-corrected chi connectivity index (χ2v) is 6.04. The van der Waals surface area contributed by atoms with Crippen LogP contribution in [-0.4, -0.2) is 60.9 Å². The predicted molar refractivity (Wildman–Crippen MR) is 93.4 cm³/mol. The molecular formula is C17H17N5O6. The average Bonchev–Trinajstić information content (AvgIpc) is 2.93. The fourth-order valence-corrected chi connectivity index (χ4v) is 3.07. The fourth-order valence-electron chi connectivity index (χ4n) is 3.07. The van der Waals surface area contributed by atoms with Crippen LogP contribution in [0, 0.1) is 0 Å². The molecule has 2 aliphatic rings. The van der Waals surface area contributed by atoms with E-state index in [0.717, 1.165) is 4.90 Å². The van der Waals surface area contributed by atoms with E-state index in [2.05, 4.69) is 15.3 Å². The van der Waals surface area contributed by atoms with E-state index in [9.17, 15) is 19.2 Å². The van der Waals surface area contributed by atoms with Crippen molar-refractivity contribution in [2.24, 2.45) is 5.11 Å². The Kier molecular flexibility index (Phi) is 5.87. The van der Waals surface area contributed by atoms with E-state index in [-0.39, 0.29) is 56.1 Å². The van der Waals surface area contributed by atoms with Crippen LogP contribution in [0.15, 0.2) is 23.3 Å². The highest BCUT2D eigenvalue weighted by molar-refractivity contribution is 6.24. The summed E-state index contributed by atoms with van der Waals surface area (Å²) in [7, 11) is 0. The molecule has 1 aromatic rings. The maximum atomic E-state index is 12.8. The van der Waals surface area contributed by atoms with Gasteiger partial charge in [-0.15, -0.1) is 0 Å². The van der Waals surface area contributed by atoms with Gasteiger partial charge in [-0.2, -0.15) is 0 Å². The highest BCUT2D eigenvalue weighted by Crippen LogP contribution is 2.33. The van der Waals surface area contributed by atoms with Crippen molar-refractivity contribution in [3.05, 3.63) is 39.8 Å². The molecule has 2 heterocycles.